The van der Waals surface area contributed by atoms with Gasteiger partial charge in [0.15, 0.2) is 4.32 Å². The van der Waals surface area contributed by atoms with Crippen LogP contribution in [0.3, 0.4) is 0 Å². The van der Waals surface area contributed by atoms with Crippen LogP contribution >= 0.6 is 35.6 Å². The molecule has 110 valence electrons. The highest BCUT2D eigenvalue weighted by Crippen LogP contribution is 2.33. The Morgan fingerprint density at radius 3 is 2.64 bits per heavy atom. The van der Waals surface area contributed by atoms with Crippen LogP contribution in [0.1, 0.15) is 16.1 Å². The van der Waals surface area contributed by atoms with Crippen molar-refractivity contribution in [2.24, 2.45) is 0 Å². The average molecular weight is 350 g/mol. The maximum Gasteiger partial charge on any atom is 0.273 e. The smallest absolute Gasteiger partial charge is 0.273 e. The van der Waals surface area contributed by atoms with Gasteiger partial charge in [-0.05, 0) is 36.4 Å². The summed E-state index contributed by atoms with van der Waals surface area (Å²) in [6, 6.07) is 9.72. The van der Waals surface area contributed by atoms with Gasteiger partial charge in [-0.15, -0.1) is 0 Å². The predicted octanol–water partition coefficient (Wildman–Crippen LogP) is 3.97. The van der Waals surface area contributed by atoms with Crippen molar-refractivity contribution in [3.05, 3.63) is 63.9 Å². The zero-order valence-corrected chi connectivity index (χ0v) is 13.4. The Hall–Kier alpha value is -1.89. The van der Waals surface area contributed by atoms with E-state index in [9.17, 15) is 9.59 Å². The second kappa shape index (κ2) is 6.08. The van der Waals surface area contributed by atoms with E-state index >= 15 is 0 Å². The van der Waals surface area contributed by atoms with Crippen LogP contribution in [0.4, 0.5) is 0 Å². The van der Waals surface area contributed by atoms with Gasteiger partial charge in [0.25, 0.3) is 11.8 Å². The Morgan fingerprint density at radius 1 is 1.27 bits per heavy atom. The van der Waals surface area contributed by atoms with Crippen LogP contribution < -0.4 is 0 Å². The first-order chi connectivity index (χ1) is 10.6. The number of halogens is 1. The number of thiocarbonyl (C=S) groups is 1. The Labute approximate surface area is 140 Å². The first kappa shape index (κ1) is 15.0. The number of carbonyl (C=O) groups excluding carboxylic acids is 2. The third-order valence-corrected chi connectivity index (χ3v) is 4.46. The molecule has 3 rings (SSSR count). The molecule has 1 aromatic carbocycles. The fourth-order valence-corrected chi connectivity index (χ4v) is 3.23. The molecular formula is C15H8ClNO3S2. The Balaban J connectivity index is 1.88. The molecule has 1 aliphatic rings. The van der Waals surface area contributed by atoms with E-state index in [2.05, 4.69) is 0 Å². The van der Waals surface area contributed by atoms with Gasteiger partial charge >= 0.3 is 0 Å². The van der Waals surface area contributed by atoms with Crippen LogP contribution in [-0.4, -0.2) is 21.0 Å². The number of thioether (sulfide) groups is 1. The lowest BCUT2D eigenvalue weighted by Crippen LogP contribution is -2.34. The highest BCUT2D eigenvalue weighted by Gasteiger charge is 2.37. The number of carbonyl (C=O) groups is 2. The second-order valence-corrected chi connectivity index (χ2v) is 6.46. The van der Waals surface area contributed by atoms with E-state index in [4.69, 9.17) is 28.2 Å². The lowest BCUT2D eigenvalue weighted by Gasteiger charge is -2.12. The van der Waals surface area contributed by atoms with E-state index in [1.807, 2.05) is 0 Å². The van der Waals surface area contributed by atoms with Gasteiger partial charge in [0.05, 0.1) is 11.2 Å². The molecule has 4 nitrogen and oxygen atoms in total. The maximum atomic E-state index is 12.4. The van der Waals surface area contributed by atoms with Gasteiger partial charge in [0.2, 0.25) is 0 Å². The van der Waals surface area contributed by atoms with Crippen molar-refractivity contribution < 1.29 is 14.0 Å². The lowest BCUT2D eigenvalue weighted by atomic mass is 10.2. The second-order valence-electron chi connectivity index (χ2n) is 4.34. The monoisotopic (exact) mass is 349 g/mol. The molecule has 0 atom stereocenters. The summed E-state index contributed by atoms with van der Waals surface area (Å²) in [6.45, 7) is 0. The number of amides is 2. The summed E-state index contributed by atoms with van der Waals surface area (Å²) in [5.74, 6) is -0.396. The molecule has 0 bridgehead atoms. The molecule has 2 aromatic rings. The van der Waals surface area contributed by atoms with E-state index < -0.39 is 11.8 Å². The molecule has 0 unspecified atom stereocenters. The molecule has 0 aliphatic carbocycles. The van der Waals surface area contributed by atoms with Gasteiger partial charge in [0.1, 0.15) is 5.76 Å². The number of furan rings is 1. The molecule has 1 fully saturated rings. The highest BCUT2D eigenvalue weighted by molar-refractivity contribution is 8.26. The summed E-state index contributed by atoms with van der Waals surface area (Å²) in [5.41, 5.74) is 0.347. The Bertz CT molecular complexity index is 782. The van der Waals surface area contributed by atoms with E-state index in [-0.39, 0.29) is 4.32 Å². The van der Waals surface area contributed by atoms with Crippen molar-refractivity contribution in [3.8, 4) is 0 Å². The average Bonchev–Trinajstić information content (AvgIpc) is 3.09. The molecule has 1 saturated heterocycles. The van der Waals surface area contributed by atoms with Gasteiger partial charge in [0, 0.05) is 16.7 Å². The first-order valence-corrected chi connectivity index (χ1v) is 7.78. The van der Waals surface area contributed by atoms with Crippen LogP contribution in [0.25, 0.3) is 6.08 Å². The van der Waals surface area contributed by atoms with E-state index in [1.165, 1.54) is 6.26 Å². The Kier molecular flexibility index (Phi) is 4.15. The molecule has 0 radical (unpaired) electrons. The predicted molar refractivity (Wildman–Crippen MR) is 89.5 cm³/mol. The molecule has 22 heavy (non-hydrogen) atoms. The van der Waals surface area contributed by atoms with E-state index in [0.29, 0.717) is 21.3 Å². The zero-order valence-electron chi connectivity index (χ0n) is 11.0. The van der Waals surface area contributed by atoms with Crippen LogP contribution in [0.15, 0.2) is 52.0 Å². The zero-order chi connectivity index (χ0) is 15.7. The molecular weight excluding hydrogens is 342 g/mol. The van der Waals surface area contributed by atoms with Gasteiger partial charge in [-0.25, -0.2) is 4.90 Å². The summed E-state index contributed by atoms with van der Waals surface area (Å²) in [4.78, 5) is 26.2. The van der Waals surface area contributed by atoms with E-state index in [1.54, 1.807) is 42.5 Å². The van der Waals surface area contributed by atoms with Crippen LogP contribution in [-0.2, 0) is 4.79 Å². The number of hydrogen-bond acceptors (Lipinski definition) is 5. The van der Waals surface area contributed by atoms with Gasteiger partial charge in [-0.1, -0.05) is 35.6 Å². The van der Waals surface area contributed by atoms with Gasteiger partial charge < -0.3 is 4.42 Å². The maximum absolute atomic E-state index is 12.4. The van der Waals surface area contributed by atoms with Crippen molar-refractivity contribution in [2.75, 3.05) is 0 Å². The highest BCUT2D eigenvalue weighted by atomic mass is 35.5. The SMILES string of the molecule is O=C1/C(=C\c2ccco2)SC(=S)N1C(=O)c1ccc(Cl)cc1. The largest absolute Gasteiger partial charge is 0.465 e. The molecule has 0 saturated carbocycles. The number of imide groups is 1. The summed E-state index contributed by atoms with van der Waals surface area (Å²) in [6.07, 6.45) is 3.07. The summed E-state index contributed by atoms with van der Waals surface area (Å²) >= 11 is 12.0. The minimum absolute atomic E-state index is 0.197. The summed E-state index contributed by atoms with van der Waals surface area (Å²) in [5, 5.41) is 0.514. The van der Waals surface area contributed by atoms with Crippen molar-refractivity contribution in [2.45, 2.75) is 0 Å². The van der Waals surface area contributed by atoms with Crippen molar-refractivity contribution in [1.29, 1.82) is 0 Å². The standard InChI is InChI=1S/C15H8ClNO3S2/c16-10-5-3-9(4-6-10)13(18)17-14(19)12(22-15(17)21)8-11-2-1-7-20-11/h1-8H/b12-8+. The van der Waals surface area contributed by atoms with Gasteiger partial charge in [-0.2, -0.15) is 0 Å². The number of rotatable bonds is 2. The minimum Gasteiger partial charge on any atom is -0.465 e. The third-order valence-electron chi connectivity index (χ3n) is 2.90. The van der Waals surface area contributed by atoms with Crippen molar-refractivity contribution in [1.82, 2.24) is 4.90 Å². The summed E-state index contributed by atoms with van der Waals surface area (Å²) < 4.78 is 5.37. The Morgan fingerprint density at radius 2 is 2.00 bits per heavy atom. The molecule has 1 aliphatic heterocycles. The molecule has 1 aromatic heterocycles. The van der Waals surface area contributed by atoms with Crippen LogP contribution in [0.2, 0.25) is 5.02 Å². The van der Waals surface area contributed by atoms with E-state index in [0.717, 1.165) is 16.7 Å². The normalized spacial score (nSPS) is 16.6. The quantitative estimate of drug-likeness (QED) is 0.466. The van der Waals surface area contributed by atoms with Crippen molar-refractivity contribution in [3.63, 3.8) is 0 Å². The van der Waals surface area contributed by atoms with Gasteiger partial charge in [-0.3, -0.25) is 9.59 Å². The number of hydrogen-bond donors (Lipinski definition) is 0. The molecule has 0 spiro atoms. The fourth-order valence-electron chi connectivity index (χ4n) is 1.87. The summed E-state index contributed by atoms with van der Waals surface area (Å²) in [7, 11) is 0. The van der Waals surface area contributed by atoms with Crippen molar-refractivity contribution >= 4 is 57.8 Å². The molecule has 2 amide bonds. The lowest BCUT2D eigenvalue weighted by molar-refractivity contribution is -0.120. The molecule has 0 N–H and O–H groups in total. The number of benzene rings is 1. The van der Waals surface area contributed by atoms with Crippen LogP contribution in [0.5, 0.6) is 0 Å². The third kappa shape index (κ3) is 2.85. The molecule has 2 heterocycles. The molecule has 7 heteroatoms. The minimum atomic E-state index is -0.470. The number of nitrogens with zero attached hydrogens (tertiary/aromatic N) is 1. The van der Waals surface area contributed by atoms with Crippen LogP contribution in [0, 0.1) is 0 Å². The topological polar surface area (TPSA) is 50.5 Å². The fraction of sp³-hybridized carbons (Fsp3) is 0. The first-order valence-electron chi connectivity index (χ1n) is 6.17.